The Morgan fingerprint density at radius 1 is 1.16 bits per heavy atom. The molecule has 0 unspecified atom stereocenters. The molecule has 0 spiro atoms. The van der Waals surface area contributed by atoms with E-state index < -0.39 is 5.41 Å². The number of anilines is 1. The standard InChI is InChI=1S/C13H23N5O/c1-6-9-10(7-2)17-18-12(16-9)15-8-13(3,4)11(19)14-5/h6-8H2,1-5H3,(H,14,19)(H,15,16,18). The van der Waals surface area contributed by atoms with Crippen molar-refractivity contribution < 1.29 is 4.79 Å². The van der Waals surface area contributed by atoms with Crippen LogP contribution < -0.4 is 10.6 Å². The van der Waals surface area contributed by atoms with E-state index in [1.807, 2.05) is 27.7 Å². The summed E-state index contributed by atoms with van der Waals surface area (Å²) in [6, 6.07) is 0. The van der Waals surface area contributed by atoms with Crippen LogP contribution in [0.15, 0.2) is 0 Å². The third-order valence-corrected chi connectivity index (χ3v) is 3.04. The fourth-order valence-corrected chi connectivity index (χ4v) is 1.73. The van der Waals surface area contributed by atoms with Crippen molar-refractivity contribution in [1.82, 2.24) is 20.5 Å². The molecule has 0 radical (unpaired) electrons. The van der Waals surface area contributed by atoms with Gasteiger partial charge >= 0.3 is 0 Å². The van der Waals surface area contributed by atoms with E-state index in [9.17, 15) is 4.79 Å². The second kappa shape index (κ2) is 6.45. The van der Waals surface area contributed by atoms with Gasteiger partial charge in [0.25, 0.3) is 0 Å². The Morgan fingerprint density at radius 3 is 2.32 bits per heavy atom. The summed E-state index contributed by atoms with van der Waals surface area (Å²) >= 11 is 0. The van der Waals surface area contributed by atoms with E-state index in [0.717, 1.165) is 24.2 Å². The maximum Gasteiger partial charge on any atom is 0.243 e. The average molecular weight is 265 g/mol. The van der Waals surface area contributed by atoms with Crippen molar-refractivity contribution in [2.45, 2.75) is 40.5 Å². The Balaban J connectivity index is 2.76. The molecule has 106 valence electrons. The molecule has 6 heteroatoms. The molecule has 2 N–H and O–H groups in total. The lowest BCUT2D eigenvalue weighted by Gasteiger charge is -2.22. The van der Waals surface area contributed by atoms with E-state index in [4.69, 9.17) is 0 Å². The summed E-state index contributed by atoms with van der Waals surface area (Å²) in [5.74, 6) is 0.458. The summed E-state index contributed by atoms with van der Waals surface area (Å²) in [4.78, 5) is 16.1. The summed E-state index contributed by atoms with van der Waals surface area (Å²) < 4.78 is 0. The molecule has 0 saturated carbocycles. The molecule has 19 heavy (non-hydrogen) atoms. The van der Waals surface area contributed by atoms with Crippen molar-refractivity contribution in [3.8, 4) is 0 Å². The molecule has 1 aromatic rings. The van der Waals surface area contributed by atoms with Crippen LogP contribution in [-0.4, -0.2) is 34.7 Å². The van der Waals surface area contributed by atoms with Crippen LogP contribution in [0.25, 0.3) is 0 Å². The molecule has 0 aliphatic carbocycles. The molecule has 1 aromatic heterocycles. The first kappa shape index (κ1) is 15.3. The first-order valence-electron chi connectivity index (χ1n) is 6.63. The second-order valence-electron chi connectivity index (χ2n) is 5.05. The Kier molecular flexibility index (Phi) is 5.20. The van der Waals surface area contributed by atoms with Crippen LogP contribution in [0.5, 0.6) is 0 Å². The number of hydrogen-bond donors (Lipinski definition) is 2. The average Bonchev–Trinajstić information content (AvgIpc) is 2.43. The number of nitrogens with zero attached hydrogens (tertiary/aromatic N) is 3. The molecule has 0 aliphatic rings. The zero-order valence-electron chi connectivity index (χ0n) is 12.4. The highest BCUT2D eigenvalue weighted by Crippen LogP contribution is 2.15. The molecule has 6 nitrogen and oxygen atoms in total. The van der Waals surface area contributed by atoms with E-state index in [1.165, 1.54) is 0 Å². The lowest BCUT2D eigenvalue weighted by atomic mass is 9.92. The number of hydrogen-bond acceptors (Lipinski definition) is 5. The van der Waals surface area contributed by atoms with Gasteiger partial charge in [0.05, 0.1) is 16.8 Å². The van der Waals surface area contributed by atoms with E-state index in [0.29, 0.717) is 12.5 Å². The van der Waals surface area contributed by atoms with Gasteiger partial charge in [0.1, 0.15) is 0 Å². The van der Waals surface area contributed by atoms with Crippen LogP contribution in [0.1, 0.15) is 39.1 Å². The molecule has 1 heterocycles. The lowest BCUT2D eigenvalue weighted by Crippen LogP contribution is -2.39. The van der Waals surface area contributed by atoms with Crippen molar-refractivity contribution in [1.29, 1.82) is 0 Å². The SMILES string of the molecule is CCc1nnc(NCC(C)(C)C(=O)NC)nc1CC. The molecule has 1 amide bonds. The minimum atomic E-state index is -0.520. The number of carbonyl (C=O) groups is 1. The van der Waals surface area contributed by atoms with Gasteiger partial charge in [0, 0.05) is 13.6 Å². The molecule has 0 bridgehead atoms. The maximum absolute atomic E-state index is 11.7. The van der Waals surface area contributed by atoms with Gasteiger partial charge in [-0.1, -0.05) is 13.8 Å². The van der Waals surface area contributed by atoms with Crippen LogP contribution in [0.2, 0.25) is 0 Å². The van der Waals surface area contributed by atoms with Crippen molar-refractivity contribution in [3.05, 3.63) is 11.4 Å². The summed E-state index contributed by atoms with van der Waals surface area (Å²) in [6.07, 6.45) is 1.65. The van der Waals surface area contributed by atoms with Crippen molar-refractivity contribution >= 4 is 11.9 Å². The highest BCUT2D eigenvalue weighted by molar-refractivity contribution is 5.82. The van der Waals surface area contributed by atoms with Crippen molar-refractivity contribution in [2.24, 2.45) is 5.41 Å². The third-order valence-electron chi connectivity index (χ3n) is 3.04. The van der Waals surface area contributed by atoms with Crippen LogP contribution >= 0.6 is 0 Å². The number of aromatic nitrogens is 3. The van der Waals surface area contributed by atoms with Gasteiger partial charge in [-0.25, -0.2) is 4.98 Å². The molecule has 0 fully saturated rings. The number of aryl methyl sites for hydroxylation is 2. The number of carbonyl (C=O) groups excluding carboxylic acids is 1. The number of rotatable bonds is 6. The first-order valence-corrected chi connectivity index (χ1v) is 6.63. The monoisotopic (exact) mass is 265 g/mol. The topological polar surface area (TPSA) is 79.8 Å². The van der Waals surface area contributed by atoms with E-state index in [-0.39, 0.29) is 5.91 Å². The molecule has 0 atom stereocenters. The lowest BCUT2D eigenvalue weighted by molar-refractivity contribution is -0.128. The van der Waals surface area contributed by atoms with Gasteiger partial charge in [-0.05, 0) is 26.7 Å². The third kappa shape index (κ3) is 3.87. The first-order chi connectivity index (χ1) is 8.94. The van der Waals surface area contributed by atoms with Crippen LogP contribution in [0.4, 0.5) is 5.95 Å². The van der Waals surface area contributed by atoms with Crippen molar-refractivity contribution in [3.63, 3.8) is 0 Å². The Labute approximate surface area is 114 Å². The minimum Gasteiger partial charge on any atom is -0.359 e. The van der Waals surface area contributed by atoms with Crippen LogP contribution in [0, 0.1) is 5.41 Å². The zero-order chi connectivity index (χ0) is 14.5. The zero-order valence-corrected chi connectivity index (χ0v) is 12.4. The van der Waals surface area contributed by atoms with E-state index in [2.05, 4.69) is 25.8 Å². The van der Waals surface area contributed by atoms with Crippen molar-refractivity contribution in [2.75, 3.05) is 18.9 Å². The van der Waals surface area contributed by atoms with Gasteiger partial charge in [-0.2, -0.15) is 5.10 Å². The van der Waals surface area contributed by atoms with Gasteiger partial charge < -0.3 is 10.6 Å². The van der Waals surface area contributed by atoms with E-state index >= 15 is 0 Å². The Hall–Kier alpha value is -1.72. The summed E-state index contributed by atoms with van der Waals surface area (Å²) in [7, 11) is 1.63. The van der Waals surface area contributed by atoms with Gasteiger partial charge in [-0.3, -0.25) is 4.79 Å². The fourth-order valence-electron chi connectivity index (χ4n) is 1.73. The molecular formula is C13H23N5O. The number of nitrogens with one attached hydrogen (secondary N) is 2. The van der Waals surface area contributed by atoms with Gasteiger partial charge in [0.15, 0.2) is 0 Å². The molecule has 1 rings (SSSR count). The van der Waals surface area contributed by atoms with Gasteiger partial charge in [0.2, 0.25) is 11.9 Å². The molecular weight excluding hydrogens is 242 g/mol. The Bertz CT molecular complexity index is 445. The molecule has 0 aliphatic heterocycles. The maximum atomic E-state index is 11.7. The quantitative estimate of drug-likeness (QED) is 0.807. The summed E-state index contributed by atoms with van der Waals surface area (Å²) in [5.41, 5.74) is 1.37. The minimum absolute atomic E-state index is 0.0196. The fraction of sp³-hybridized carbons (Fsp3) is 0.692. The van der Waals surface area contributed by atoms with Crippen LogP contribution in [-0.2, 0) is 17.6 Å². The smallest absolute Gasteiger partial charge is 0.243 e. The number of amides is 1. The molecule has 0 aromatic carbocycles. The second-order valence-corrected chi connectivity index (χ2v) is 5.05. The normalized spacial score (nSPS) is 11.2. The summed E-state index contributed by atoms with van der Waals surface area (Å²) in [5, 5.41) is 13.9. The Morgan fingerprint density at radius 2 is 1.79 bits per heavy atom. The predicted molar refractivity (Wildman–Crippen MR) is 74.9 cm³/mol. The van der Waals surface area contributed by atoms with Gasteiger partial charge in [-0.15, -0.1) is 5.10 Å². The molecule has 0 saturated heterocycles. The summed E-state index contributed by atoms with van der Waals surface area (Å²) in [6.45, 7) is 8.28. The predicted octanol–water partition coefficient (Wildman–Crippen LogP) is 1.18. The highest BCUT2D eigenvalue weighted by atomic mass is 16.2. The largest absolute Gasteiger partial charge is 0.359 e. The van der Waals surface area contributed by atoms with Crippen LogP contribution in [0.3, 0.4) is 0 Å². The van der Waals surface area contributed by atoms with E-state index in [1.54, 1.807) is 7.05 Å². The highest BCUT2D eigenvalue weighted by Gasteiger charge is 2.26.